The average Bonchev–Trinajstić information content (AvgIpc) is 3.12. The van der Waals surface area contributed by atoms with Gasteiger partial charge in [-0.25, -0.2) is 4.39 Å². The standard InChI is InChI=1S/C29H29FN2O/c1-20(2)27-26(29(33)31-24-12-8-5-9-13-24)25(19-14-21-10-6-4-7-11-21)28(32(27)3)22-15-17-23(30)18-16-22/h4-13,15-18,20H,14,19H2,1-3H3,(H,31,33). The third kappa shape index (κ3) is 4.90. The number of nitrogens with one attached hydrogen (secondary N) is 1. The van der Waals surface area contributed by atoms with Gasteiger partial charge < -0.3 is 9.88 Å². The Kier molecular flexibility index (Phi) is 6.74. The molecule has 0 saturated carbocycles. The van der Waals surface area contributed by atoms with Gasteiger partial charge in [0.2, 0.25) is 0 Å². The Bertz CT molecular complexity index is 1230. The minimum atomic E-state index is -0.273. The Balaban J connectivity index is 1.85. The number of rotatable bonds is 7. The first-order chi connectivity index (χ1) is 16.0. The molecule has 4 aromatic rings. The highest BCUT2D eigenvalue weighted by molar-refractivity contribution is 6.07. The summed E-state index contributed by atoms with van der Waals surface area (Å²) in [6.45, 7) is 4.20. The summed E-state index contributed by atoms with van der Waals surface area (Å²) in [6.07, 6.45) is 1.51. The Morgan fingerprint density at radius 1 is 0.879 bits per heavy atom. The second-order valence-corrected chi connectivity index (χ2v) is 8.61. The van der Waals surface area contributed by atoms with Gasteiger partial charge in [-0.3, -0.25) is 4.79 Å². The van der Waals surface area contributed by atoms with Crippen LogP contribution in [0.3, 0.4) is 0 Å². The molecule has 3 aromatic carbocycles. The van der Waals surface area contributed by atoms with Crippen LogP contribution in [0.4, 0.5) is 10.1 Å². The van der Waals surface area contributed by atoms with Crippen molar-refractivity contribution < 1.29 is 9.18 Å². The largest absolute Gasteiger partial charge is 0.346 e. The molecule has 0 spiro atoms. The number of carbonyl (C=O) groups is 1. The molecule has 1 N–H and O–H groups in total. The summed E-state index contributed by atoms with van der Waals surface area (Å²) < 4.78 is 15.8. The van der Waals surface area contributed by atoms with Crippen LogP contribution in [0.25, 0.3) is 11.3 Å². The number of hydrogen-bond donors (Lipinski definition) is 1. The third-order valence-electron chi connectivity index (χ3n) is 5.97. The molecule has 0 fully saturated rings. The number of hydrogen-bond acceptors (Lipinski definition) is 1. The molecule has 3 nitrogen and oxygen atoms in total. The maximum absolute atomic E-state index is 13.7. The number of halogens is 1. The summed E-state index contributed by atoms with van der Waals surface area (Å²) in [7, 11) is 2.00. The lowest BCUT2D eigenvalue weighted by molar-refractivity contribution is 0.102. The molecule has 1 amide bonds. The van der Waals surface area contributed by atoms with Crippen molar-refractivity contribution in [2.45, 2.75) is 32.6 Å². The highest BCUT2D eigenvalue weighted by Crippen LogP contribution is 2.36. The molecule has 0 radical (unpaired) electrons. The van der Waals surface area contributed by atoms with Crippen molar-refractivity contribution in [1.82, 2.24) is 4.57 Å². The molecule has 1 heterocycles. The van der Waals surface area contributed by atoms with E-state index in [9.17, 15) is 9.18 Å². The summed E-state index contributed by atoms with van der Waals surface area (Å²) in [4.78, 5) is 13.6. The zero-order valence-electron chi connectivity index (χ0n) is 19.3. The zero-order valence-corrected chi connectivity index (χ0v) is 19.3. The third-order valence-corrected chi connectivity index (χ3v) is 5.97. The first-order valence-corrected chi connectivity index (χ1v) is 11.3. The van der Waals surface area contributed by atoms with Gasteiger partial charge >= 0.3 is 0 Å². The van der Waals surface area contributed by atoms with Crippen molar-refractivity contribution in [3.8, 4) is 11.3 Å². The van der Waals surface area contributed by atoms with Crippen molar-refractivity contribution in [2.24, 2.45) is 7.05 Å². The van der Waals surface area contributed by atoms with Crippen LogP contribution in [0.5, 0.6) is 0 Å². The number of nitrogens with zero attached hydrogens (tertiary/aromatic N) is 1. The average molecular weight is 441 g/mol. The van der Waals surface area contributed by atoms with Gasteiger partial charge in [0.15, 0.2) is 0 Å². The molecule has 0 bridgehead atoms. The van der Waals surface area contributed by atoms with Crippen molar-refractivity contribution in [3.05, 3.63) is 113 Å². The number of para-hydroxylation sites is 1. The van der Waals surface area contributed by atoms with Crippen LogP contribution < -0.4 is 5.32 Å². The fraction of sp³-hybridized carbons (Fsp3) is 0.207. The monoisotopic (exact) mass is 440 g/mol. The van der Waals surface area contributed by atoms with Crippen LogP contribution in [0, 0.1) is 5.82 Å². The van der Waals surface area contributed by atoms with Gasteiger partial charge in [0.05, 0.1) is 11.3 Å². The van der Waals surface area contributed by atoms with E-state index < -0.39 is 0 Å². The molecule has 0 aliphatic rings. The van der Waals surface area contributed by atoms with Gasteiger partial charge in [0, 0.05) is 18.4 Å². The molecule has 0 saturated heterocycles. The number of amides is 1. The van der Waals surface area contributed by atoms with Crippen molar-refractivity contribution in [1.29, 1.82) is 0 Å². The van der Waals surface area contributed by atoms with E-state index in [4.69, 9.17) is 0 Å². The van der Waals surface area contributed by atoms with Crippen LogP contribution >= 0.6 is 0 Å². The molecular formula is C29H29FN2O. The summed E-state index contributed by atoms with van der Waals surface area (Å²) in [6, 6.07) is 26.3. The molecule has 33 heavy (non-hydrogen) atoms. The lowest BCUT2D eigenvalue weighted by Crippen LogP contribution is -2.16. The minimum Gasteiger partial charge on any atom is -0.346 e. The smallest absolute Gasteiger partial charge is 0.257 e. The molecular weight excluding hydrogens is 411 g/mol. The quantitative estimate of drug-likeness (QED) is 0.330. The van der Waals surface area contributed by atoms with Gasteiger partial charge in [0.1, 0.15) is 5.82 Å². The lowest BCUT2D eigenvalue weighted by atomic mass is 9.95. The maximum Gasteiger partial charge on any atom is 0.257 e. The van der Waals surface area contributed by atoms with Crippen LogP contribution in [-0.2, 0) is 19.9 Å². The number of aryl methyl sites for hydroxylation is 1. The lowest BCUT2D eigenvalue weighted by Gasteiger charge is -2.13. The van der Waals surface area contributed by atoms with Gasteiger partial charge in [-0.05, 0) is 71.8 Å². The number of anilines is 1. The number of aromatic nitrogens is 1. The topological polar surface area (TPSA) is 34.0 Å². The molecule has 0 unspecified atom stereocenters. The van der Waals surface area contributed by atoms with Crippen molar-refractivity contribution >= 4 is 11.6 Å². The van der Waals surface area contributed by atoms with Crippen molar-refractivity contribution in [3.63, 3.8) is 0 Å². The van der Waals surface area contributed by atoms with E-state index in [0.717, 1.165) is 34.6 Å². The summed E-state index contributed by atoms with van der Waals surface area (Å²) in [5, 5.41) is 3.08. The fourth-order valence-electron chi connectivity index (χ4n) is 4.54. The highest BCUT2D eigenvalue weighted by atomic mass is 19.1. The van der Waals surface area contributed by atoms with E-state index in [2.05, 4.69) is 35.9 Å². The Morgan fingerprint density at radius 3 is 2.09 bits per heavy atom. The van der Waals surface area contributed by atoms with Gasteiger partial charge in [-0.2, -0.15) is 0 Å². The van der Waals surface area contributed by atoms with Crippen LogP contribution in [0.15, 0.2) is 84.9 Å². The summed E-state index contributed by atoms with van der Waals surface area (Å²) in [5.41, 5.74) is 6.53. The zero-order chi connectivity index (χ0) is 23.4. The van der Waals surface area contributed by atoms with E-state index in [0.29, 0.717) is 12.0 Å². The minimum absolute atomic E-state index is 0.114. The normalized spacial score (nSPS) is 11.1. The first-order valence-electron chi connectivity index (χ1n) is 11.3. The molecule has 1 aromatic heterocycles. The van der Waals surface area contributed by atoms with Crippen LogP contribution in [-0.4, -0.2) is 10.5 Å². The molecule has 168 valence electrons. The fourth-order valence-corrected chi connectivity index (χ4v) is 4.54. The van der Waals surface area contributed by atoms with E-state index in [1.54, 1.807) is 12.1 Å². The van der Waals surface area contributed by atoms with E-state index in [-0.39, 0.29) is 17.6 Å². The number of carbonyl (C=O) groups excluding carboxylic acids is 1. The number of benzene rings is 3. The Hall–Kier alpha value is -3.66. The second-order valence-electron chi connectivity index (χ2n) is 8.61. The highest BCUT2D eigenvalue weighted by Gasteiger charge is 2.28. The SMILES string of the molecule is CC(C)c1c(C(=O)Nc2ccccc2)c(CCc2ccccc2)c(-c2ccc(F)cc2)n1C. The second kappa shape index (κ2) is 9.86. The van der Waals surface area contributed by atoms with Gasteiger partial charge in [-0.1, -0.05) is 62.4 Å². The molecule has 0 atom stereocenters. The maximum atomic E-state index is 13.7. The predicted octanol–water partition coefficient (Wildman–Crippen LogP) is 6.99. The van der Waals surface area contributed by atoms with E-state index in [1.807, 2.05) is 55.6 Å². The van der Waals surface area contributed by atoms with Gasteiger partial charge in [0.25, 0.3) is 5.91 Å². The molecule has 4 heteroatoms. The van der Waals surface area contributed by atoms with Gasteiger partial charge in [-0.15, -0.1) is 0 Å². The summed E-state index contributed by atoms with van der Waals surface area (Å²) >= 11 is 0. The van der Waals surface area contributed by atoms with Crippen molar-refractivity contribution in [2.75, 3.05) is 5.32 Å². The summed E-state index contributed by atoms with van der Waals surface area (Å²) in [5.74, 6) is -0.252. The first kappa shape index (κ1) is 22.5. The van der Waals surface area contributed by atoms with Crippen LogP contribution in [0.1, 0.15) is 46.9 Å². The molecule has 0 aliphatic carbocycles. The Morgan fingerprint density at radius 2 is 1.48 bits per heavy atom. The van der Waals surface area contributed by atoms with E-state index >= 15 is 0 Å². The molecule has 4 rings (SSSR count). The Labute approximate surface area is 194 Å². The molecule has 0 aliphatic heterocycles. The van der Waals surface area contributed by atoms with E-state index in [1.165, 1.54) is 17.7 Å². The van der Waals surface area contributed by atoms with Crippen LogP contribution in [0.2, 0.25) is 0 Å². The predicted molar refractivity (Wildman–Crippen MR) is 133 cm³/mol.